The van der Waals surface area contributed by atoms with E-state index in [-0.39, 0.29) is 6.42 Å². The van der Waals surface area contributed by atoms with Gasteiger partial charge in [-0.1, -0.05) is 24.3 Å². The van der Waals surface area contributed by atoms with Gasteiger partial charge in [0.25, 0.3) is 0 Å². The number of pyridine rings is 1. The summed E-state index contributed by atoms with van der Waals surface area (Å²) >= 11 is 0. The standard InChI is InChI=1S/C17H15NO4/c1-21-16(19)10-15-13(17(20)22-2)9-14-12-6-4-3-5-11(12)7-8-18(14)15/h3-9H,10H2,1-2H3. The van der Waals surface area contributed by atoms with Crippen molar-refractivity contribution < 1.29 is 19.1 Å². The fourth-order valence-corrected chi connectivity index (χ4v) is 2.65. The lowest BCUT2D eigenvalue weighted by Gasteiger charge is -2.06. The Bertz CT molecular complexity index is 879. The first-order valence-electron chi connectivity index (χ1n) is 6.82. The molecule has 3 rings (SSSR count). The molecule has 2 heterocycles. The van der Waals surface area contributed by atoms with E-state index in [1.807, 2.05) is 40.9 Å². The molecule has 5 nitrogen and oxygen atoms in total. The van der Waals surface area contributed by atoms with Gasteiger partial charge in [0, 0.05) is 17.3 Å². The second-order valence-electron chi connectivity index (χ2n) is 4.91. The molecule has 0 radical (unpaired) electrons. The van der Waals surface area contributed by atoms with Gasteiger partial charge >= 0.3 is 11.9 Å². The van der Waals surface area contributed by atoms with Gasteiger partial charge in [-0.2, -0.15) is 0 Å². The summed E-state index contributed by atoms with van der Waals surface area (Å²) in [5, 5.41) is 2.07. The molecule has 0 fully saturated rings. The molecule has 0 aliphatic heterocycles. The number of hydrogen-bond donors (Lipinski definition) is 0. The van der Waals surface area contributed by atoms with Crippen LogP contribution in [-0.4, -0.2) is 30.6 Å². The molecule has 0 bridgehead atoms. The van der Waals surface area contributed by atoms with Gasteiger partial charge in [-0.05, 0) is 17.5 Å². The zero-order valence-corrected chi connectivity index (χ0v) is 12.3. The van der Waals surface area contributed by atoms with Gasteiger partial charge in [-0.25, -0.2) is 4.79 Å². The van der Waals surface area contributed by atoms with Crippen molar-refractivity contribution in [3.8, 4) is 0 Å². The molecular formula is C17H15NO4. The number of hydrogen-bond acceptors (Lipinski definition) is 4. The van der Waals surface area contributed by atoms with E-state index in [2.05, 4.69) is 0 Å². The van der Waals surface area contributed by atoms with Crippen molar-refractivity contribution in [3.63, 3.8) is 0 Å². The van der Waals surface area contributed by atoms with Crippen molar-refractivity contribution in [1.82, 2.24) is 4.40 Å². The molecule has 2 aromatic heterocycles. The molecule has 112 valence electrons. The van der Waals surface area contributed by atoms with E-state index in [1.165, 1.54) is 14.2 Å². The number of fused-ring (bicyclic) bond motifs is 3. The van der Waals surface area contributed by atoms with E-state index in [0.717, 1.165) is 16.3 Å². The van der Waals surface area contributed by atoms with E-state index in [0.29, 0.717) is 11.3 Å². The zero-order chi connectivity index (χ0) is 15.7. The van der Waals surface area contributed by atoms with Gasteiger partial charge in [-0.3, -0.25) is 4.79 Å². The summed E-state index contributed by atoms with van der Waals surface area (Å²) in [7, 11) is 2.65. The van der Waals surface area contributed by atoms with Crippen LogP contribution in [-0.2, 0) is 20.7 Å². The molecule has 5 heteroatoms. The Morgan fingerprint density at radius 3 is 2.59 bits per heavy atom. The number of ether oxygens (including phenoxy) is 2. The predicted molar refractivity (Wildman–Crippen MR) is 82.0 cm³/mol. The summed E-state index contributed by atoms with van der Waals surface area (Å²) in [5.74, 6) is -0.870. The van der Waals surface area contributed by atoms with Gasteiger partial charge in [0.05, 0.1) is 31.7 Å². The Kier molecular flexibility index (Phi) is 3.55. The Balaban J connectivity index is 2.31. The van der Waals surface area contributed by atoms with Crippen LogP contribution >= 0.6 is 0 Å². The van der Waals surface area contributed by atoms with Gasteiger partial charge in [0.1, 0.15) is 0 Å². The Morgan fingerprint density at radius 2 is 1.86 bits per heavy atom. The van der Waals surface area contributed by atoms with E-state index >= 15 is 0 Å². The van der Waals surface area contributed by atoms with E-state index < -0.39 is 11.9 Å². The number of methoxy groups -OCH3 is 2. The summed E-state index contributed by atoms with van der Waals surface area (Å²) in [5.41, 5.74) is 1.81. The third kappa shape index (κ3) is 2.20. The summed E-state index contributed by atoms with van der Waals surface area (Å²) < 4.78 is 11.4. The molecule has 0 aliphatic carbocycles. The topological polar surface area (TPSA) is 57.0 Å². The summed E-state index contributed by atoms with van der Waals surface area (Å²) in [6, 6.07) is 11.6. The normalized spacial score (nSPS) is 10.8. The van der Waals surface area contributed by atoms with Crippen LogP contribution in [0.2, 0.25) is 0 Å². The molecule has 0 saturated heterocycles. The van der Waals surface area contributed by atoms with Gasteiger partial charge in [-0.15, -0.1) is 0 Å². The van der Waals surface area contributed by atoms with E-state index in [9.17, 15) is 9.59 Å². The first-order chi connectivity index (χ1) is 10.7. The van der Waals surface area contributed by atoms with Crippen molar-refractivity contribution in [3.05, 3.63) is 53.9 Å². The highest BCUT2D eigenvalue weighted by Crippen LogP contribution is 2.26. The van der Waals surface area contributed by atoms with Crippen LogP contribution in [0.1, 0.15) is 16.1 Å². The van der Waals surface area contributed by atoms with Crippen molar-refractivity contribution in [2.24, 2.45) is 0 Å². The molecule has 3 aromatic rings. The molecule has 0 amide bonds. The van der Waals surface area contributed by atoms with Crippen LogP contribution in [0.5, 0.6) is 0 Å². The SMILES string of the molecule is COC(=O)Cc1c(C(=O)OC)cc2c3ccccc3ccn12. The largest absolute Gasteiger partial charge is 0.469 e. The number of rotatable bonds is 3. The van der Waals surface area contributed by atoms with Crippen LogP contribution in [0.15, 0.2) is 42.6 Å². The molecule has 0 spiro atoms. The average molecular weight is 297 g/mol. The number of nitrogens with zero attached hydrogens (tertiary/aromatic N) is 1. The Labute approximate surface area is 127 Å². The van der Waals surface area contributed by atoms with Gasteiger partial charge < -0.3 is 13.9 Å². The second-order valence-corrected chi connectivity index (χ2v) is 4.91. The number of aromatic nitrogens is 1. The van der Waals surface area contributed by atoms with E-state index in [4.69, 9.17) is 9.47 Å². The third-order valence-electron chi connectivity index (χ3n) is 3.73. The highest BCUT2D eigenvalue weighted by molar-refractivity contribution is 6.01. The predicted octanol–water partition coefficient (Wildman–Crippen LogP) is 2.59. The van der Waals surface area contributed by atoms with Crippen molar-refractivity contribution in [1.29, 1.82) is 0 Å². The summed E-state index contributed by atoms with van der Waals surface area (Å²) in [6.07, 6.45) is 1.86. The zero-order valence-electron chi connectivity index (χ0n) is 12.3. The molecule has 22 heavy (non-hydrogen) atoms. The fraction of sp³-hybridized carbons (Fsp3) is 0.176. The minimum Gasteiger partial charge on any atom is -0.469 e. The average Bonchev–Trinajstić information content (AvgIpc) is 2.93. The summed E-state index contributed by atoms with van der Waals surface area (Å²) in [6.45, 7) is 0. The van der Waals surface area contributed by atoms with Crippen molar-refractivity contribution in [2.75, 3.05) is 14.2 Å². The molecule has 0 saturated carbocycles. The molecule has 0 atom stereocenters. The minimum absolute atomic E-state index is 0.00738. The van der Waals surface area contributed by atoms with E-state index in [1.54, 1.807) is 6.07 Å². The lowest BCUT2D eigenvalue weighted by molar-refractivity contribution is -0.139. The lowest BCUT2D eigenvalue weighted by atomic mass is 10.1. The Morgan fingerprint density at radius 1 is 1.09 bits per heavy atom. The minimum atomic E-state index is -0.466. The van der Waals surface area contributed by atoms with Crippen LogP contribution in [0.4, 0.5) is 0 Å². The molecule has 0 N–H and O–H groups in total. The lowest BCUT2D eigenvalue weighted by Crippen LogP contribution is -2.11. The maximum absolute atomic E-state index is 12.0. The molecular weight excluding hydrogens is 282 g/mol. The van der Waals surface area contributed by atoms with Crippen LogP contribution < -0.4 is 0 Å². The highest BCUT2D eigenvalue weighted by atomic mass is 16.5. The van der Waals surface area contributed by atoms with Crippen molar-refractivity contribution >= 4 is 28.2 Å². The monoisotopic (exact) mass is 297 g/mol. The van der Waals surface area contributed by atoms with Gasteiger partial charge in [0.15, 0.2) is 0 Å². The first kappa shape index (κ1) is 14.1. The van der Waals surface area contributed by atoms with Crippen LogP contribution in [0.3, 0.4) is 0 Å². The second kappa shape index (κ2) is 5.52. The number of benzene rings is 1. The van der Waals surface area contributed by atoms with Crippen LogP contribution in [0, 0.1) is 0 Å². The molecule has 0 aliphatic rings. The summed E-state index contributed by atoms with van der Waals surface area (Å²) in [4.78, 5) is 23.7. The first-order valence-corrected chi connectivity index (χ1v) is 6.82. The maximum Gasteiger partial charge on any atom is 0.339 e. The molecule has 0 unspecified atom stereocenters. The van der Waals surface area contributed by atoms with Crippen molar-refractivity contribution in [2.45, 2.75) is 6.42 Å². The fourth-order valence-electron chi connectivity index (χ4n) is 2.65. The van der Waals surface area contributed by atoms with Crippen LogP contribution in [0.25, 0.3) is 16.3 Å². The third-order valence-corrected chi connectivity index (χ3v) is 3.73. The highest BCUT2D eigenvalue weighted by Gasteiger charge is 2.20. The molecule has 1 aromatic carbocycles. The quantitative estimate of drug-likeness (QED) is 0.697. The number of carbonyl (C=O) groups excluding carboxylic acids is 2. The van der Waals surface area contributed by atoms with Gasteiger partial charge in [0.2, 0.25) is 0 Å². The number of carbonyl (C=O) groups is 2. The number of esters is 2. The maximum atomic E-state index is 12.0. The smallest absolute Gasteiger partial charge is 0.339 e. The Hall–Kier alpha value is -2.82.